The average Bonchev–Trinajstić information content (AvgIpc) is 2.55. The Labute approximate surface area is 95.6 Å². The third-order valence-electron chi connectivity index (χ3n) is 3.65. The molecule has 0 N–H and O–H groups in total. The lowest BCUT2D eigenvalue weighted by molar-refractivity contribution is -0.142. The standard InChI is InChI=1S/C11H12F4N2/c1-5(2)17-7-3-6-4-10(6,12)8(7)9(16-17)11(13,14)15/h5-6H,3-4H2,1-2H3. The lowest BCUT2D eigenvalue weighted by atomic mass is 10.1. The minimum absolute atomic E-state index is 0.180. The Morgan fingerprint density at radius 1 is 1.41 bits per heavy atom. The molecule has 94 valence electrons. The van der Waals surface area contributed by atoms with Crippen LogP contribution in [0.1, 0.15) is 43.3 Å². The number of hydrogen-bond acceptors (Lipinski definition) is 1. The molecule has 1 fully saturated rings. The SMILES string of the molecule is CC(C)n1nc(C(F)(F)F)c2c1CC1CC21F. The quantitative estimate of drug-likeness (QED) is 0.698. The van der Waals surface area contributed by atoms with Crippen molar-refractivity contribution < 1.29 is 17.6 Å². The fourth-order valence-electron chi connectivity index (χ4n) is 2.80. The molecule has 3 rings (SSSR count). The molecule has 6 heteroatoms. The van der Waals surface area contributed by atoms with Gasteiger partial charge in [-0.25, -0.2) is 4.39 Å². The van der Waals surface area contributed by atoms with Crippen LogP contribution >= 0.6 is 0 Å². The molecule has 0 spiro atoms. The van der Waals surface area contributed by atoms with Crippen molar-refractivity contribution in [3.05, 3.63) is 17.0 Å². The Morgan fingerprint density at radius 3 is 2.59 bits per heavy atom. The zero-order valence-corrected chi connectivity index (χ0v) is 9.48. The van der Waals surface area contributed by atoms with Gasteiger partial charge in [-0.15, -0.1) is 0 Å². The van der Waals surface area contributed by atoms with Crippen molar-refractivity contribution in [1.82, 2.24) is 9.78 Å². The van der Waals surface area contributed by atoms with Crippen molar-refractivity contribution in [3.8, 4) is 0 Å². The van der Waals surface area contributed by atoms with Crippen LogP contribution < -0.4 is 0 Å². The van der Waals surface area contributed by atoms with Gasteiger partial charge in [0.1, 0.15) is 5.67 Å². The highest BCUT2D eigenvalue weighted by atomic mass is 19.4. The molecular weight excluding hydrogens is 236 g/mol. The van der Waals surface area contributed by atoms with Crippen molar-refractivity contribution in [2.24, 2.45) is 5.92 Å². The summed E-state index contributed by atoms with van der Waals surface area (Å²) in [6, 6.07) is -0.180. The molecule has 0 bridgehead atoms. The molecule has 1 aromatic rings. The van der Waals surface area contributed by atoms with E-state index in [4.69, 9.17) is 0 Å². The van der Waals surface area contributed by atoms with E-state index in [0.29, 0.717) is 12.1 Å². The van der Waals surface area contributed by atoms with Crippen LogP contribution in [0.4, 0.5) is 17.6 Å². The first-order valence-corrected chi connectivity index (χ1v) is 5.63. The third-order valence-corrected chi connectivity index (χ3v) is 3.65. The Hall–Kier alpha value is -1.07. The summed E-state index contributed by atoms with van der Waals surface area (Å²) in [6.45, 7) is 3.50. The summed E-state index contributed by atoms with van der Waals surface area (Å²) in [6.07, 6.45) is -3.97. The van der Waals surface area contributed by atoms with Gasteiger partial charge in [0.2, 0.25) is 0 Å². The van der Waals surface area contributed by atoms with Gasteiger partial charge in [-0.05, 0) is 26.7 Å². The number of halogens is 4. The summed E-state index contributed by atoms with van der Waals surface area (Å²) in [5.74, 6) is -0.262. The monoisotopic (exact) mass is 248 g/mol. The Morgan fingerprint density at radius 2 is 2.06 bits per heavy atom. The van der Waals surface area contributed by atoms with Crippen molar-refractivity contribution in [3.63, 3.8) is 0 Å². The van der Waals surface area contributed by atoms with E-state index in [0.717, 1.165) is 0 Å². The van der Waals surface area contributed by atoms with Gasteiger partial charge in [0.25, 0.3) is 0 Å². The number of alkyl halides is 4. The predicted octanol–water partition coefficient (Wildman–Crippen LogP) is 3.22. The van der Waals surface area contributed by atoms with E-state index in [2.05, 4.69) is 5.10 Å². The minimum Gasteiger partial charge on any atom is -0.266 e. The highest BCUT2D eigenvalue weighted by Gasteiger charge is 2.66. The highest BCUT2D eigenvalue weighted by molar-refractivity contribution is 5.46. The fraction of sp³-hybridized carbons (Fsp3) is 0.727. The van der Waals surface area contributed by atoms with Crippen LogP contribution in [0, 0.1) is 5.92 Å². The van der Waals surface area contributed by atoms with Crippen LogP contribution in [-0.2, 0) is 18.3 Å². The second-order valence-electron chi connectivity index (χ2n) is 5.17. The van der Waals surface area contributed by atoms with E-state index in [1.165, 1.54) is 4.68 Å². The molecule has 1 heterocycles. The van der Waals surface area contributed by atoms with Gasteiger partial charge in [0.15, 0.2) is 5.69 Å². The largest absolute Gasteiger partial charge is 0.435 e. The molecule has 2 aliphatic rings. The Bertz CT molecular complexity index is 488. The van der Waals surface area contributed by atoms with E-state index in [9.17, 15) is 17.6 Å². The van der Waals surface area contributed by atoms with Gasteiger partial charge in [-0.1, -0.05) is 0 Å². The minimum atomic E-state index is -4.57. The maximum atomic E-state index is 14.2. The van der Waals surface area contributed by atoms with Gasteiger partial charge in [-0.2, -0.15) is 18.3 Å². The summed E-state index contributed by atoms with van der Waals surface area (Å²) in [5, 5.41) is 3.58. The number of rotatable bonds is 1. The number of fused-ring (bicyclic) bond motifs is 3. The van der Waals surface area contributed by atoms with Crippen molar-refractivity contribution in [2.45, 2.75) is 44.6 Å². The Kier molecular flexibility index (Phi) is 1.85. The lowest BCUT2D eigenvalue weighted by Crippen LogP contribution is -2.13. The molecule has 2 nitrogen and oxygen atoms in total. The molecule has 0 saturated heterocycles. The summed E-state index contributed by atoms with van der Waals surface area (Å²) in [7, 11) is 0. The van der Waals surface area contributed by atoms with Crippen LogP contribution in [0.25, 0.3) is 0 Å². The van der Waals surface area contributed by atoms with E-state index in [1.807, 2.05) is 0 Å². The van der Waals surface area contributed by atoms with Gasteiger partial charge >= 0.3 is 6.18 Å². The fourth-order valence-corrected chi connectivity index (χ4v) is 2.80. The van der Waals surface area contributed by atoms with Crippen LogP contribution in [0.2, 0.25) is 0 Å². The molecule has 17 heavy (non-hydrogen) atoms. The van der Waals surface area contributed by atoms with Crippen LogP contribution in [-0.4, -0.2) is 9.78 Å². The number of hydrogen-bond donors (Lipinski definition) is 0. The van der Waals surface area contributed by atoms with Crippen molar-refractivity contribution in [2.75, 3.05) is 0 Å². The number of nitrogens with zero attached hydrogens (tertiary/aromatic N) is 2. The van der Waals surface area contributed by atoms with Gasteiger partial charge in [0.05, 0.1) is 0 Å². The molecule has 2 atom stereocenters. The van der Waals surface area contributed by atoms with E-state index < -0.39 is 17.5 Å². The molecule has 2 unspecified atom stereocenters. The Balaban J connectivity index is 2.21. The first-order chi connectivity index (χ1) is 7.75. The molecule has 1 aromatic heterocycles. The first kappa shape index (κ1) is 11.0. The third kappa shape index (κ3) is 1.29. The van der Waals surface area contributed by atoms with Crippen molar-refractivity contribution in [1.29, 1.82) is 0 Å². The lowest BCUT2D eigenvalue weighted by Gasteiger charge is -2.09. The van der Waals surface area contributed by atoms with Crippen LogP contribution in [0.3, 0.4) is 0 Å². The summed E-state index contributed by atoms with van der Waals surface area (Å²) >= 11 is 0. The molecule has 2 aliphatic carbocycles. The second-order valence-corrected chi connectivity index (χ2v) is 5.17. The molecule has 1 saturated carbocycles. The summed E-state index contributed by atoms with van der Waals surface area (Å²) < 4.78 is 54.0. The van der Waals surface area contributed by atoms with Crippen LogP contribution in [0.5, 0.6) is 0 Å². The molecular formula is C11H12F4N2. The van der Waals surface area contributed by atoms with Crippen molar-refractivity contribution >= 4 is 0 Å². The van der Waals surface area contributed by atoms with Gasteiger partial charge in [-0.3, -0.25) is 4.68 Å². The van der Waals surface area contributed by atoms with Crippen LogP contribution in [0.15, 0.2) is 0 Å². The molecule has 0 aliphatic heterocycles. The number of aromatic nitrogens is 2. The summed E-state index contributed by atoms with van der Waals surface area (Å²) in [4.78, 5) is 0. The highest BCUT2D eigenvalue weighted by Crippen LogP contribution is 2.65. The summed E-state index contributed by atoms with van der Waals surface area (Å²) in [5.41, 5.74) is -2.54. The first-order valence-electron chi connectivity index (χ1n) is 5.63. The maximum Gasteiger partial charge on any atom is 0.435 e. The van der Waals surface area contributed by atoms with Gasteiger partial charge < -0.3 is 0 Å². The molecule has 0 amide bonds. The molecule has 0 radical (unpaired) electrons. The molecule has 0 aromatic carbocycles. The van der Waals surface area contributed by atoms with E-state index in [-0.39, 0.29) is 23.9 Å². The van der Waals surface area contributed by atoms with E-state index >= 15 is 0 Å². The smallest absolute Gasteiger partial charge is 0.266 e. The topological polar surface area (TPSA) is 17.8 Å². The second kappa shape index (κ2) is 2.84. The normalized spacial score (nSPS) is 30.6. The predicted molar refractivity (Wildman–Crippen MR) is 52.2 cm³/mol. The zero-order valence-electron chi connectivity index (χ0n) is 9.48. The average molecular weight is 248 g/mol. The zero-order chi connectivity index (χ0) is 12.6. The maximum absolute atomic E-state index is 14.2. The van der Waals surface area contributed by atoms with E-state index in [1.54, 1.807) is 13.8 Å². The van der Waals surface area contributed by atoms with Gasteiger partial charge in [0, 0.05) is 23.2 Å².